The lowest BCUT2D eigenvalue weighted by molar-refractivity contribution is 0.411. The Labute approximate surface area is 125 Å². The number of hydrogen-bond donors (Lipinski definition) is 0. The van der Waals surface area contributed by atoms with Crippen LogP contribution in [0.4, 0.5) is 0 Å². The van der Waals surface area contributed by atoms with Crippen molar-refractivity contribution in [3.8, 4) is 0 Å². The Hall–Kier alpha value is -2.08. The molecule has 0 aromatic heterocycles. The molecule has 0 nitrogen and oxygen atoms in total. The monoisotopic (exact) mass is 272 g/mol. The molecule has 0 unspecified atom stereocenters. The number of benzene rings is 4. The van der Waals surface area contributed by atoms with Gasteiger partial charge in [0, 0.05) is 0 Å². The summed E-state index contributed by atoms with van der Waals surface area (Å²) in [5.41, 5.74) is 1.76. The largest absolute Gasteiger partial charge is 0.0610 e. The van der Waals surface area contributed by atoms with Crippen molar-refractivity contribution in [3.05, 3.63) is 60.2 Å². The van der Waals surface area contributed by atoms with Gasteiger partial charge in [-0.1, -0.05) is 75.4 Å². The van der Waals surface area contributed by atoms with Crippen molar-refractivity contribution < 1.29 is 0 Å². The molecular formula is C21H20. The SMILES string of the molecule is CC(C)(C)Cc1cc2ccc3cccc4ccc(c1)c2c34. The van der Waals surface area contributed by atoms with E-state index in [0.717, 1.165) is 6.42 Å². The van der Waals surface area contributed by atoms with Gasteiger partial charge in [0.25, 0.3) is 0 Å². The summed E-state index contributed by atoms with van der Waals surface area (Å²) in [5, 5.41) is 8.26. The highest BCUT2D eigenvalue weighted by molar-refractivity contribution is 6.23. The second-order valence-corrected chi connectivity index (χ2v) is 7.36. The first-order chi connectivity index (χ1) is 10.0. The normalized spacial score (nSPS) is 12.7. The van der Waals surface area contributed by atoms with E-state index >= 15 is 0 Å². The minimum atomic E-state index is 0.320. The third-order valence-corrected chi connectivity index (χ3v) is 4.26. The maximum absolute atomic E-state index is 2.37. The Morgan fingerprint density at radius 3 is 1.67 bits per heavy atom. The lowest BCUT2D eigenvalue weighted by atomic mass is 9.85. The van der Waals surface area contributed by atoms with Crippen LogP contribution in [-0.4, -0.2) is 0 Å². The van der Waals surface area contributed by atoms with Gasteiger partial charge in [-0.25, -0.2) is 0 Å². The van der Waals surface area contributed by atoms with Crippen LogP contribution in [0.1, 0.15) is 26.3 Å². The fraction of sp³-hybridized carbons (Fsp3) is 0.238. The minimum Gasteiger partial charge on any atom is -0.0610 e. The van der Waals surface area contributed by atoms with Crippen molar-refractivity contribution in [3.63, 3.8) is 0 Å². The molecule has 0 aliphatic rings. The molecule has 4 aromatic carbocycles. The number of rotatable bonds is 1. The van der Waals surface area contributed by atoms with Crippen LogP contribution in [0.25, 0.3) is 32.3 Å². The standard InChI is InChI=1S/C21H20/c1-21(2,3)13-14-11-17-9-7-15-5-4-6-16-8-10-18(12-14)20(17)19(15)16/h4-12H,13H2,1-3H3. The molecule has 0 saturated heterocycles. The maximum atomic E-state index is 2.37. The minimum absolute atomic E-state index is 0.320. The summed E-state index contributed by atoms with van der Waals surface area (Å²) in [6.45, 7) is 6.91. The summed E-state index contributed by atoms with van der Waals surface area (Å²) in [6, 6.07) is 20.4. The highest BCUT2D eigenvalue weighted by Crippen LogP contribution is 2.36. The van der Waals surface area contributed by atoms with Crippen LogP contribution in [0.2, 0.25) is 0 Å². The van der Waals surface area contributed by atoms with Crippen molar-refractivity contribution in [1.82, 2.24) is 0 Å². The lowest BCUT2D eigenvalue weighted by Crippen LogP contribution is -2.09. The first-order valence-corrected chi connectivity index (χ1v) is 7.68. The van der Waals surface area contributed by atoms with E-state index in [1.165, 1.54) is 37.9 Å². The molecule has 0 fully saturated rings. The van der Waals surface area contributed by atoms with Crippen molar-refractivity contribution in [2.45, 2.75) is 27.2 Å². The molecule has 0 atom stereocenters. The van der Waals surface area contributed by atoms with Gasteiger partial charge in [-0.3, -0.25) is 0 Å². The molecular weight excluding hydrogens is 252 g/mol. The predicted octanol–water partition coefficient (Wildman–Crippen LogP) is 6.17. The molecule has 0 heterocycles. The van der Waals surface area contributed by atoms with Gasteiger partial charge in [-0.15, -0.1) is 0 Å². The number of hydrogen-bond acceptors (Lipinski definition) is 0. The van der Waals surface area contributed by atoms with Crippen molar-refractivity contribution in [2.24, 2.45) is 5.41 Å². The van der Waals surface area contributed by atoms with Gasteiger partial charge in [0.1, 0.15) is 0 Å². The fourth-order valence-electron chi connectivity index (χ4n) is 3.53. The van der Waals surface area contributed by atoms with Crippen LogP contribution in [-0.2, 0) is 6.42 Å². The maximum Gasteiger partial charge on any atom is -0.00266 e. The average molecular weight is 272 g/mol. The second-order valence-electron chi connectivity index (χ2n) is 7.36. The van der Waals surface area contributed by atoms with Crippen LogP contribution in [0.5, 0.6) is 0 Å². The second kappa shape index (κ2) is 4.21. The summed E-state index contributed by atoms with van der Waals surface area (Å²) >= 11 is 0. The van der Waals surface area contributed by atoms with Crippen LogP contribution in [0, 0.1) is 5.41 Å². The van der Waals surface area contributed by atoms with Gasteiger partial charge in [0.15, 0.2) is 0 Å². The molecule has 21 heavy (non-hydrogen) atoms. The topological polar surface area (TPSA) is 0 Å². The van der Waals surface area contributed by atoms with E-state index in [1.807, 2.05) is 0 Å². The van der Waals surface area contributed by atoms with Crippen LogP contribution in [0.3, 0.4) is 0 Å². The molecule has 0 aliphatic heterocycles. The molecule has 104 valence electrons. The highest BCUT2D eigenvalue weighted by atomic mass is 14.2. The first-order valence-electron chi connectivity index (χ1n) is 7.68. The third kappa shape index (κ3) is 2.06. The summed E-state index contributed by atoms with van der Waals surface area (Å²) in [6.07, 6.45) is 1.11. The van der Waals surface area contributed by atoms with E-state index in [1.54, 1.807) is 0 Å². The smallest absolute Gasteiger partial charge is 0.00266 e. The Bertz CT molecular complexity index is 875. The van der Waals surface area contributed by atoms with Gasteiger partial charge in [-0.05, 0) is 49.7 Å². The lowest BCUT2D eigenvalue weighted by Gasteiger charge is -2.19. The molecule has 0 spiro atoms. The van der Waals surface area contributed by atoms with E-state index in [2.05, 4.69) is 75.4 Å². The molecule has 0 heteroatoms. The van der Waals surface area contributed by atoms with Crippen LogP contribution in [0.15, 0.2) is 54.6 Å². The molecule has 0 aliphatic carbocycles. The zero-order valence-electron chi connectivity index (χ0n) is 12.9. The van der Waals surface area contributed by atoms with E-state index < -0.39 is 0 Å². The Morgan fingerprint density at radius 1 is 0.667 bits per heavy atom. The first kappa shape index (κ1) is 12.6. The van der Waals surface area contributed by atoms with Crippen LogP contribution >= 0.6 is 0 Å². The summed E-state index contributed by atoms with van der Waals surface area (Å²) in [4.78, 5) is 0. The molecule has 4 rings (SSSR count). The highest BCUT2D eigenvalue weighted by Gasteiger charge is 2.14. The van der Waals surface area contributed by atoms with Crippen LogP contribution < -0.4 is 0 Å². The van der Waals surface area contributed by atoms with Gasteiger partial charge >= 0.3 is 0 Å². The molecule has 0 amide bonds. The zero-order valence-corrected chi connectivity index (χ0v) is 12.9. The summed E-state index contributed by atoms with van der Waals surface area (Å²) < 4.78 is 0. The van der Waals surface area contributed by atoms with Gasteiger partial charge in [-0.2, -0.15) is 0 Å². The summed E-state index contributed by atoms with van der Waals surface area (Å²) in [7, 11) is 0. The molecule has 0 N–H and O–H groups in total. The van der Waals surface area contributed by atoms with Crippen molar-refractivity contribution in [1.29, 1.82) is 0 Å². The van der Waals surface area contributed by atoms with Gasteiger partial charge in [0.05, 0.1) is 0 Å². The van der Waals surface area contributed by atoms with Gasteiger partial charge < -0.3 is 0 Å². The van der Waals surface area contributed by atoms with Gasteiger partial charge in [0.2, 0.25) is 0 Å². The zero-order chi connectivity index (χ0) is 14.6. The molecule has 0 saturated carbocycles. The average Bonchev–Trinajstić information content (AvgIpc) is 2.42. The molecule has 0 radical (unpaired) electrons. The van der Waals surface area contributed by atoms with Crippen molar-refractivity contribution >= 4 is 32.3 Å². The molecule has 0 bridgehead atoms. The fourth-order valence-corrected chi connectivity index (χ4v) is 3.53. The Balaban J connectivity index is 2.08. The van der Waals surface area contributed by atoms with E-state index in [9.17, 15) is 0 Å². The molecule has 4 aromatic rings. The Morgan fingerprint density at radius 2 is 1.14 bits per heavy atom. The quantitative estimate of drug-likeness (QED) is 0.363. The third-order valence-electron chi connectivity index (χ3n) is 4.26. The van der Waals surface area contributed by atoms with Crippen molar-refractivity contribution in [2.75, 3.05) is 0 Å². The van der Waals surface area contributed by atoms with E-state index in [-0.39, 0.29) is 0 Å². The Kier molecular flexibility index (Phi) is 2.53. The predicted molar refractivity (Wildman–Crippen MR) is 93.3 cm³/mol. The van der Waals surface area contributed by atoms with E-state index in [4.69, 9.17) is 0 Å². The summed E-state index contributed by atoms with van der Waals surface area (Å²) in [5.74, 6) is 0. The van der Waals surface area contributed by atoms with E-state index in [0.29, 0.717) is 5.41 Å².